The molecule has 0 saturated carbocycles. The van der Waals surface area contributed by atoms with E-state index in [2.05, 4.69) is 19.2 Å². The summed E-state index contributed by atoms with van der Waals surface area (Å²) in [6.45, 7) is 4.88. The molecule has 1 aliphatic heterocycles. The van der Waals surface area contributed by atoms with Crippen LogP contribution in [0.2, 0.25) is 0 Å². The molecule has 1 unspecified atom stereocenters. The molecule has 20 heavy (non-hydrogen) atoms. The van der Waals surface area contributed by atoms with E-state index < -0.39 is 18.1 Å². The van der Waals surface area contributed by atoms with Gasteiger partial charge in [-0.15, -0.1) is 0 Å². The number of likely N-dealkylation sites (tertiary alicyclic amines) is 1. The van der Waals surface area contributed by atoms with Gasteiger partial charge in [-0.05, 0) is 12.3 Å². The van der Waals surface area contributed by atoms with Crippen molar-refractivity contribution in [3.63, 3.8) is 0 Å². The molecule has 0 radical (unpaired) electrons. The summed E-state index contributed by atoms with van der Waals surface area (Å²) < 4.78 is 0. The SMILES string of the molecule is CCCCC(CC)CNC(=O)N1C[C@@H](O)C[C@H]1C(=O)O. The van der Waals surface area contributed by atoms with E-state index in [9.17, 15) is 14.7 Å². The molecule has 1 saturated heterocycles. The molecular weight excluding hydrogens is 260 g/mol. The van der Waals surface area contributed by atoms with Crippen LogP contribution in [0.4, 0.5) is 4.79 Å². The molecule has 1 aliphatic rings. The number of aliphatic carboxylic acids is 1. The molecular formula is C14H26N2O4. The zero-order valence-electron chi connectivity index (χ0n) is 12.3. The number of aliphatic hydroxyl groups excluding tert-OH is 1. The van der Waals surface area contributed by atoms with Crippen LogP contribution in [0.15, 0.2) is 0 Å². The lowest BCUT2D eigenvalue weighted by Gasteiger charge is -2.23. The maximum absolute atomic E-state index is 12.0. The first kappa shape index (κ1) is 16.8. The highest BCUT2D eigenvalue weighted by Crippen LogP contribution is 2.18. The Morgan fingerprint density at radius 1 is 1.40 bits per heavy atom. The normalized spacial score (nSPS) is 23.6. The number of β-amino-alcohol motifs (C(OH)–C–C–N with tert-alkyl or cyclic N) is 1. The summed E-state index contributed by atoms with van der Waals surface area (Å²) in [5.41, 5.74) is 0. The van der Waals surface area contributed by atoms with E-state index in [0.717, 1.165) is 25.7 Å². The zero-order valence-corrected chi connectivity index (χ0v) is 12.3. The van der Waals surface area contributed by atoms with E-state index in [1.807, 2.05) is 0 Å². The fourth-order valence-electron chi connectivity index (χ4n) is 2.55. The summed E-state index contributed by atoms with van der Waals surface area (Å²) >= 11 is 0. The summed E-state index contributed by atoms with van der Waals surface area (Å²) in [5, 5.41) is 21.4. The smallest absolute Gasteiger partial charge is 0.326 e. The van der Waals surface area contributed by atoms with Crippen LogP contribution in [0, 0.1) is 5.92 Å². The van der Waals surface area contributed by atoms with Gasteiger partial charge in [0.25, 0.3) is 0 Å². The van der Waals surface area contributed by atoms with Crippen LogP contribution in [0.5, 0.6) is 0 Å². The van der Waals surface area contributed by atoms with Crippen molar-refractivity contribution in [1.29, 1.82) is 0 Å². The minimum absolute atomic E-state index is 0.0918. The molecule has 0 aliphatic carbocycles. The third-order valence-corrected chi connectivity index (χ3v) is 3.91. The number of rotatable bonds is 7. The minimum atomic E-state index is -1.06. The van der Waals surface area contributed by atoms with Gasteiger partial charge >= 0.3 is 12.0 Å². The van der Waals surface area contributed by atoms with Crippen molar-refractivity contribution >= 4 is 12.0 Å². The lowest BCUT2D eigenvalue weighted by atomic mass is 9.99. The Kier molecular flexibility index (Phi) is 6.78. The fraction of sp³-hybridized carbons (Fsp3) is 0.857. The van der Waals surface area contributed by atoms with Gasteiger partial charge in [-0.2, -0.15) is 0 Å². The number of nitrogens with zero attached hydrogens (tertiary/aromatic N) is 1. The molecule has 1 fully saturated rings. The summed E-state index contributed by atoms with van der Waals surface area (Å²) in [6, 6.07) is -1.30. The monoisotopic (exact) mass is 286 g/mol. The van der Waals surface area contributed by atoms with Crippen LogP contribution in [0.1, 0.15) is 46.0 Å². The van der Waals surface area contributed by atoms with Crippen molar-refractivity contribution < 1.29 is 19.8 Å². The van der Waals surface area contributed by atoms with E-state index in [1.54, 1.807) is 0 Å². The van der Waals surface area contributed by atoms with Gasteiger partial charge in [0.2, 0.25) is 0 Å². The van der Waals surface area contributed by atoms with Crippen LogP contribution < -0.4 is 5.32 Å². The van der Waals surface area contributed by atoms with Crippen molar-refractivity contribution in [2.75, 3.05) is 13.1 Å². The molecule has 1 rings (SSSR count). The predicted molar refractivity (Wildman–Crippen MR) is 75.5 cm³/mol. The number of unbranched alkanes of at least 4 members (excludes halogenated alkanes) is 1. The number of carbonyl (C=O) groups excluding carboxylic acids is 1. The first-order chi connectivity index (χ1) is 9.49. The lowest BCUT2D eigenvalue weighted by molar-refractivity contribution is -0.141. The standard InChI is InChI=1S/C14H26N2O4/c1-3-5-6-10(4-2)8-15-14(20)16-9-11(17)7-12(16)13(18)19/h10-12,17H,3-9H2,1-2H3,(H,15,20)(H,18,19)/t10?,11-,12-/m0/s1. The first-order valence-electron chi connectivity index (χ1n) is 7.44. The van der Waals surface area contributed by atoms with E-state index in [-0.39, 0.29) is 19.0 Å². The van der Waals surface area contributed by atoms with E-state index in [1.165, 1.54) is 4.90 Å². The van der Waals surface area contributed by atoms with E-state index in [4.69, 9.17) is 5.11 Å². The second-order valence-corrected chi connectivity index (χ2v) is 5.50. The molecule has 0 spiro atoms. The highest BCUT2D eigenvalue weighted by molar-refractivity contribution is 5.83. The van der Waals surface area contributed by atoms with Crippen LogP contribution in [0.3, 0.4) is 0 Å². The number of carbonyl (C=O) groups is 2. The Bertz CT molecular complexity index is 335. The molecule has 2 amide bonds. The molecule has 6 heteroatoms. The Morgan fingerprint density at radius 2 is 2.10 bits per heavy atom. The van der Waals surface area contributed by atoms with Crippen molar-refractivity contribution in [3.8, 4) is 0 Å². The fourth-order valence-corrected chi connectivity index (χ4v) is 2.55. The summed E-state index contributed by atoms with van der Waals surface area (Å²) in [7, 11) is 0. The Hall–Kier alpha value is -1.30. The molecule has 3 N–H and O–H groups in total. The quantitative estimate of drug-likeness (QED) is 0.660. The molecule has 3 atom stereocenters. The lowest BCUT2D eigenvalue weighted by Crippen LogP contribution is -2.47. The van der Waals surface area contributed by atoms with Crippen molar-refractivity contribution in [2.24, 2.45) is 5.92 Å². The number of urea groups is 1. The zero-order chi connectivity index (χ0) is 15.1. The number of carboxylic acid groups (broad SMARTS) is 1. The van der Waals surface area contributed by atoms with E-state index in [0.29, 0.717) is 12.5 Å². The number of hydrogen-bond donors (Lipinski definition) is 3. The number of amides is 2. The topological polar surface area (TPSA) is 89.9 Å². The van der Waals surface area contributed by atoms with Gasteiger partial charge in [0.15, 0.2) is 0 Å². The Balaban J connectivity index is 2.46. The summed E-state index contributed by atoms with van der Waals surface area (Å²) in [5.74, 6) is -0.635. The van der Waals surface area contributed by atoms with Crippen molar-refractivity contribution in [2.45, 2.75) is 58.1 Å². The molecule has 1 heterocycles. The van der Waals surface area contributed by atoms with E-state index >= 15 is 0 Å². The summed E-state index contributed by atoms with van der Waals surface area (Å²) in [6.07, 6.45) is 3.68. The summed E-state index contributed by atoms with van der Waals surface area (Å²) in [4.78, 5) is 24.3. The highest BCUT2D eigenvalue weighted by atomic mass is 16.4. The molecule has 116 valence electrons. The number of aliphatic hydroxyl groups is 1. The maximum Gasteiger partial charge on any atom is 0.326 e. The minimum Gasteiger partial charge on any atom is -0.480 e. The van der Waals surface area contributed by atoms with Gasteiger partial charge in [0, 0.05) is 19.5 Å². The third-order valence-electron chi connectivity index (χ3n) is 3.91. The van der Waals surface area contributed by atoms with Gasteiger partial charge in [-0.1, -0.05) is 33.1 Å². The van der Waals surface area contributed by atoms with Gasteiger partial charge in [0.1, 0.15) is 6.04 Å². The first-order valence-corrected chi connectivity index (χ1v) is 7.44. The molecule has 0 aromatic rings. The highest BCUT2D eigenvalue weighted by Gasteiger charge is 2.38. The second kappa shape index (κ2) is 8.09. The van der Waals surface area contributed by atoms with Crippen LogP contribution >= 0.6 is 0 Å². The number of hydrogen-bond acceptors (Lipinski definition) is 3. The molecule has 0 bridgehead atoms. The third kappa shape index (κ3) is 4.67. The van der Waals surface area contributed by atoms with Gasteiger partial charge in [-0.3, -0.25) is 0 Å². The molecule has 6 nitrogen and oxygen atoms in total. The molecule has 0 aromatic heterocycles. The van der Waals surface area contributed by atoms with Crippen molar-refractivity contribution in [3.05, 3.63) is 0 Å². The average molecular weight is 286 g/mol. The Labute approximate surface area is 120 Å². The van der Waals surface area contributed by atoms with Gasteiger partial charge in [0.05, 0.1) is 6.10 Å². The average Bonchev–Trinajstić information content (AvgIpc) is 2.81. The van der Waals surface area contributed by atoms with Crippen molar-refractivity contribution in [1.82, 2.24) is 10.2 Å². The van der Waals surface area contributed by atoms with Crippen LogP contribution in [0.25, 0.3) is 0 Å². The second-order valence-electron chi connectivity index (χ2n) is 5.50. The Morgan fingerprint density at radius 3 is 2.65 bits per heavy atom. The van der Waals surface area contributed by atoms with Crippen LogP contribution in [-0.4, -0.2) is 52.3 Å². The maximum atomic E-state index is 12.0. The largest absolute Gasteiger partial charge is 0.480 e. The van der Waals surface area contributed by atoms with Gasteiger partial charge in [-0.25, -0.2) is 9.59 Å². The number of carboxylic acids is 1. The molecule has 0 aromatic carbocycles. The van der Waals surface area contributed by atoms with Gasteiger partial charge < -0.3 is 20.4 Å². The predicted octanol–water partition coefficient (Wildman–Crippen LogP) is 1.43. The van der Waals surface area contributed by atoms with Crippen LogP contribution in [-0.2, 0) is 4.79 Å². The number of nitrogens with one attached hydrogen (secondary N) is 1.